The van der Waals surface area contributed by atoms with Crippen molar-refractivity contribution < 1.29 is 66.2 Å². The topological polar surface area (TPSA) is 313 Å². The van der Waals surface area contributed by atoms with E-state index in [1.807, 2.05) is 0 Å². The minimum absolute atomic E-state index is 0.325. The van der Waals surface area contributed by atoms with Gasteiger partial charge in [0.15, 0.2) is 0 Å². The van der Waals surface area contributed by atoms with Gasteiger partial charge in [0.2, 0.25) is 0 Å². The molecule has 0 unspecified atom stereocenters. The van der Waals surface area contributed by atoms with E-state index in [2.05, 4.69) is 0 Å². The summed E-state index contributed by atoms with van der Waals surface area (Å²) in [4.78, 5) is 22.5. The van der Waals surface area contributed by atoms with E-state index in [-0.39, 0.29) is 10.8 Å². The molecule has 0 spiro atoms. The van der Waals surface area contributed by atoms with Gasteiger partial charge < -0.3 is 16.2 Å². The van der Waals surface area contributed by atoms with E-state index in [0.717, 1.165) is 24.3 Å². The lowest BCUT2D eigenvalue weighted by Gasteiger charge is -2.14. The van der Waals surface area contributed by atoms with E-state index in [1.165, 1.54) is 0 Å². The summed E-state index contributed by atoms with van der Waals surface area (Å²) < 4.78 is 137. The molecule has 4 rings (SSSR count). The zero-order valence-corrected chi connectivity index (χ0v) is 24.0. The number of anilines is 2. The maximum absolute atomic E-state index is 13.2. The highest BCUT2D eigenvalue weighted by molar-refractivity contribution is 7.86. The number of rotatable bonds is 6. The first kappa shape index (κ1) is 31.7. The summed E-state index contributed by atoms with van der Waals surface area (Å²) >= 11 is 0. The molecule has 0 saturated carbocycles. The fourth-order valence-corrected chi connectivity index (χ4v) is 6.40. The van der Waals surface area contributed by atoms with E-state index in [0.29, 0.717) is 24.3 Å². The highest BCUT2D eigenvalue weighted by Crippen LogP contribution is 2.36. The highest BCUT2D eigenvalue weighted by atomic mass is 32.2. The highest BCUT2D eigenvalue weighted by Gasteiger charge is 2.28. The minimum atomic E-state index is -5.19. The van der Waals surface area contributed by atoms with Gasteiger partial charge in [0.1, 0.15) is 9.79 Å². The third-order valence-electron chi connectivity index (χ3n) is 6.00. The summed E-state index contributed by atoms with van der Waals surface area (Å²) in [5.74, 6) is -3.29. The van der Waals surface area contributed by atoms with Crippen molar-refractivity contribution in [2.45, 2.75) is 19.6 Å². The number of nitrogens with two attached hydrogens (primary N) is 2. The van der Waals surface area contributed by atoms with Crippen molar-refractivity contribution in [3.8, 4) is 0 Å². The monoisotopic (exact) mass is 676 g/mol. The Kier molecular flexibility index (Phi) is 7.52. The van der Waals surface area contributed by atoms with Crippen LogP contribution in [0.2, 0.25) is 0 Å². The Morgan fingerprint density at radius 1 is 0.512 bits per heavy atom. The van der Waals surface area contributed by atoms with Crippen LogP contribution in [-0.2, 0) is 45.2 Å². The Labute approximate surface area is 241 Å². The SMILES string of the molecule is Nc1c(S(=O)(=O)O)cc(C(=O)OC(=O)c2cc(S(=O)(=O)O)c(N)c3cc(S(=O)(=O)O)ccc23)c2ccc(S(=O)(=O)O)cc12. The van der Waals surface area contributed by atoms with E-state index in [1.54, 1.807) is 0 Å². The van der Waals surface area contributed by atoms with Gasteiger partial charge in [-0.25, -0.2) is 9.59 Å². The van der Waals surface area contributed by atoms with Gasteiger partial charge in [-0.05, 0) is 47.2 Å². The van der Waals surface area contributed by atoms with Crippen LogP contribution in [0.3, 0.4) is 0 Å². The molecule has 4 aromatic rings. The molecule has 0 fully saturated rings. The lowest BCUT2D eigenvalue weighted by molar-refractivity contribution is 0.0400. The smallest absolute Gasteiger partial charge is 0.346 e. The molecule has 0 aliphatic heterocycles. The standard InChI is InChI=1S/C22H16N2O15S4/c23-19-13-5-9(40(27,28)29)1-3-11(13)15(7-17(19)42(33,34)35)21(25)39-22(26)16-8-18(43(36,37)38)20(24)14-6-10(41(30,31)32)2-4-12(14)16/h1-8H,23-24H2,(H,27,28,29)(H,30,31,32)(H,33,34,35)(H,36,37,38). The quantitative estimate of drug-likeness (QED) is 0.0721. The van der Waals surface area contributed by atoms with E-state index in [4.69, 9.17) is 16.2 Å². The second-order valence-corrected chi connectivity index (χ2v) is 14.3. The van der Waals surface area contributed by atoms with Crippen molar-refractivity contribution in [2.75, 3.05) is 11.5 Å². The largest absolute Gasteiger partial charge is 0.397 e. The van der Waals surface area contributed by atoms with Gasteiger partial charge in [-0.2, -0.15) is 33.7 Å². The molecule has 0 amide bonds. The fourth-order valence-electron chi connectivity index (χ4n) is 4.08. The zero-order valence-electron chi connectivity index (χ0n) is 20.7. The number of nitrogen functional groups attached to an aromatic ring is 2. The molecular weight excluding hydrogens is 661 g/mol. The number of carbonyl (C=O) groups is 2. The van der Waals surface area contributed by atoms with Crippen LogP contribution in [0.1, 0.15) is 20.7 Å². The molecule has 4 aromatic carbocycles. The van der Waals surface area contributed by atoms with Gasteiger partial charge >= 0.3 is 11.9 Å². The Hall–Kier alpha value is -4.22. The first-order chi connectivity index (χ1) is 19.5. The number of ether oxygens (including phenoxy) is 1. The maximum atomic E-state index is 13.2. The third kappa shape index (κ3) is 6.00. The van der Waals surface area contributed by atoms with Crippen LogP contribution in [0.4, 0.5) is 11.4 Å². The summed E-state index contributed by atoms with van der Waals surface area (Å²) in [6.07, 6.45) is 0. The van der Waals surface area contributed by atoms with Gasteiger partial charge in [0, 0.05) is 10.8 Å². The molecule has 0 radical (unpaired) electrons. The molecule has 21 heteroatoms. The number of esters is 2. The first-order valence-corrected chi connectivity index (χ1v) is 16.7. The lowest BCUT2D eigenvalue weighted by Crippen LogP contribution is -2.16. The first-order valence-electron chi connectivity index (χ1n) is 10.9. The predicted octanol–water partition coefficient (Wildman–Crippen LogP) is 1.14. The van der Waals surface area contributed by atoms with Crippen molar-refractivity contribution >= 4 is 85.3 Å². The van der Waals surface area contributed by atoms with Crippen LogP contribution in [0.15, 0.2) is 68.1 Å². The average molecular weight is 677 g/mol. The molecule has 0 atom stereocenters. The summed E-state index contributed by atoms with van der Waals surface area (Å²) in [6.45, 7) is 0. The average Bonchev–Trinajstić information content (AvgIpc) is 2.86. The molecule has 0 aromatic heterocycles. The predicted molar refractivity (Wildman–Crippen MR) is 146 cm³/mol. The van der Waals surface area contributed by atoms with Crippen LogP contribution >= 0.6 is 0 Å². The summed E-state index contributed by atoms with van der Waals surface area (Å²) in [5.41, 5.74) is 8.48. The molecule has 0 bridgehead atoms. The van der Waals surface area contributed by atoms with Gasteiger partial charge in [0.05, 0.1) is 32.3 Å². The van der Waals surface area contributed by atoms with Crippen LogP contribution in [0.5, 0.6) is 0 Å². The van der Waals surface area contributed by atoms with Crippen LogP contribution < -0.4 is 11.5 Å². The minimum Gasteiger partial charge on any atom is -0.397 e. The van der Waals surface area contributed by atoms with E-state index >= 15 is 0 Å². The van der Waals surface area contributed by atoms with Gasteiger partial charge in [-0.3, -0.25) is 18.2 Å². The maximum Gasteiger partial charge on any atom is 0.346 e. The summed E-state index contributed by atoms with van der Waals surface area (Å²) in [7, 11) is -20.1. The molecule has 0 saturated heterocycles. The van der Waals surface area contributed by atoms with Crippen molar-refractivity contribution in [3.05, 3.63) is 59.7 Å². The van der Waals surface area contributed by atoms with Gasteiger partial charge in [0.25, 0.3) is 40.5 Å². The second kappa shape index (κ2) is 10.2. The van der Waals surface area contributed by atoms with Crippen molar-refractivity contribution in [1.29, 1.82) is 0 Å². The number of hydrogen-bond acceptors (Lipinski definition) is 13. The molecule has 0 aliphatic carbocycles. The van der Waals surface area contributed by atoms with E-state index < -0.39 is 105 Å². The molecule has 17 nitrogen and oxygen atoms in total. The number of benzene rings is 4. The van der Waals surface area contributed by atoms with Crippen molar-refractivity contribution in [1.82, 2.24) is 0 Å². The van der Waals surface area contributed by atoms with Crippen molar-refractivity contribution in [2.24, 2.45) is 0 Å². The molecular formula is C22H16N2O15S4. The molecule has 43 heavy (non-hydrogen) atoms. The number of fused-ring (bicyclic) bond motifs is 2. The second-order valence-electron chi connectivity index (χ2n) is 8.66. The van der Waals surface area contributed by atoms with E-state index in [9.17, 15) is 61.5 Å². The van der Waals surface area contributed by atoms with Crippen LogP contribution in [-0.4, -0.2) is 63.8 Å². The number of hydrogen-bond donors (Lipinski definition) is 6. The molecule has 0 heterocycles. The summed E-state index contributed by atoms with van der Waals surface area (Å²) in [5, 5.41) is -1.63. The van der Waals surface area contributed by atoms with Crippen molar-refractivity contribution in [3.63, 3.8) is 0 Å². The summed E-state index contributed by atoms with van der Waals surface area (Å²) in [6, 6.07) is 5.73. The third-order valence-corrected chi connectivity index (χ3v) is 9.49. The molecule has 0 aliphatic rings. The normalized spacial score (nSPS) is 12.8. The Morgan fingerprint density at radius 3 is 1.12 bits per heavy atom. The Morgan fingerprint density at radius 2 is 0.837 bits per heavy atom. The Bertz CT molecular complexity index is 2200. The number of carbonyl (C=O) groups excluding carboxylic acids is 2. The van der Waals surface area contributed by atoms with Crippen LogP contribution in [0.25, 0.3) is 21.5 Å². The Balaban J connectivity index is 1.94. The fraction of sp³-hybridized carbons (Fsp3) is 0. The lowest BCUT2D eigenvalue weighted by atomic mass is 10.0. The molecule has 8 N–H and O–H groups in total. The molecule has 228 valence electrons. The zero-order chi connectivity index (χ0) is 32.4. The van der Waals surface area contributed by atoms with Gasteiger partial charge in [-0.15, -0.1) is 0 Å². The van der Waals surface area contributed by atoms with Crippen LogP contribution in [0, 0.1) is 0 Å². The van der Waals surface area contributed by atoms with Gasteiger partial charge in [-0.1, -0.05) is 12.1 Å².